The van der Waals surface area contributed by atoms with Crippen LogP contribution in [0.3, 0.4) is 0 Å². The summed E-state index contributed by atoms with van der Waals surface area (Å²) in [4.78, 5) is 13.2. The number of anilines is 1. The van der Waals surface area contributed by atoms with Crippen LogP contribution in [0, 0.1) is 0 Å². The number of carbonyl (C=O) groups is 1. The Morgan fingerprint density at radius 1 is 0.397 bits per heavy atom. The number of rotatable bonds is 31. The SMILES string of the molecule is CCCCCOc1cc2c3cc(OCCCCC)c(OCCCCC)cc3c3c(NC(C)=O)c(OCCCCC)c(OCCCCC)cc3c2cc1OCCCCC. The van der Waals surface area contributed by atoms with Gasteiger partial charge in [-0.25, -0.2) is 0 Å². The highest BCUT2D eigenvalue weighted by Crippen LogP contribution is 2.51. The lowest BCUT2D eigenvalue weighted by Crippen LogP contribution is -2.11. The molecule has 8 heteroatoms. The lowest BCUT2D eigenvalue weighted by atomic mass is 9.91. The Labute approximate surface area is 350 Å². The van der Waals surface area contributed by atoms with E-state index < -0.39 is 0 Å². The van der Waals surface area contributed by atoms with Gasteiger partial charge < -0.3 is 33.7 Å². The standard InChI is InChI=1S/C50H75NO7/c1-8-14-20-26-53-43-32-38-39-33-45(55-28-22-16-10-3)46(56-29-23-17-11-4)35-41(39)48-42(40(38)34-44(43)54-27-21-15-9-2)36-47(57-30-24-18-12-5)50(49(48)51-37(7)52)58-31-25-19-13-6/h32-36H,8-31H2,1-7H3,(H,51,52). The van der Waals surface area contributed by atoms with E-state index in [0.29, 0.717) is 62.6 Å². The Balaban J connectivity index is 2.14. The Kier molecular flexibility index (Phi) is 21.0. The van der Waals surface area contributed by atoms with E-state index in [2.05, 4.69) is 77.2 Å². The van der Waals surface area contributed by atoms with E-state index in [1.165, 1.54) is 0 Å². The largest absolute Gasteiger partial charge is 0.490 e. The molecule has 0 aromatic heterocycles. The number of hydrogen-bond donors (Lipinski definition) is 1. The van der Waals surface area contributed by atoms with Gasteiger partial charge in [-0.05, 0) is 95.8 Å². The molecule has 4 aromatic rings. The molecule has 0 bridgehead atoms. The summed E-state index contributed by atoms with van der Waals surface area (Å²) >= 11 is 0. The van der Waals surface area contributed by atoms with Crippen LogP contribution in [0.4, 0.5) is 5.69 Å². The van der Waals surface area contributed by atoms with Gasteiger partial charge in [0.1, 0.15) is 0 Å². The van der Waals surface area contributed by atoms with E-state index in [1.807, 2.05) is 0 Å². The molecule has 0 unspecified atom stereocenters. The monoisotopic (exact) mass is 802 g/mol. The molecule has 0 aliphatic heterocycles. The van der Waals surface area contributed by atoms with Crippen LogP contribution in [-0.2, 0) is 4.79 Å². The van der Waals surface area contributed by atoms with E-state index in [0.717, 1.165) is 165 Å². The normalized spacial score (nSPS) is 11.4. The molecule has 0 fully saturated rings. The van der Waals surface area contributed by atoms with Gasteiger partial charge in [0.25, 0.3) is 0 Å². The highest BCUT2D eigenvalue weighted by molar-refractivity contribution is 6.30. The maximum absolute atomic E-state index is 13.2. The third-order valence-electron chi connectivity index (χ3n) is 10.6. The molecule has 1 amide bonds. The third kappa shape index (κ3) is 13.5. The summed E-state index contributed by atoms with van der Waals surface area (Å²) < 4.78 is 39.6. The first-order chi connectivity index (χ1) is 28.4. The summed E-state index contributed by atoms with van der Waals surface area (Å²) in [5, 5.41) is 8.94. The van der Waals surface area contributed by atoms with Crippen LogP contribution in [0.5, 0.6) is 34.5 Å². The van der Waals surface area contributed by atoms with Gasteiger partial charge in [-0.2, -0.15) is 0 Å². The van der Waals surface area contributed by atoms with Gasteiger partial charge >= 0.3 is 0 Å². The fourth-order valence-corrected chi connectivity index (χ4v) is 7.32. The number of nitrogens with one attached hydrogen (secondary N) is 1. The van der Waals surface area contributed by atoms with Crippen molar-refractivity contribution < 1.29 is 33.2 Å². The summed E-state index contributed by atoms with van der Waals surface area (Å²) in [7, 11) is 0. The quantitative estimate of drug-likeness (QED) is 0.0401. The lowest BCUT2D eigenvalue weighted by Gasteiger charge is -2.23. The number of benzene rings is 4. The zero-order valence-electron chi connectivity index (χ0n) is 37.2. The van der Waals surface area contributed by atoms with Crippen molar-refractivity contribution in [3.63, 3.8) is 0 Å². The van der Waals surface area contributed by atoms with Crippen LogP contribution in [0.1, 0.15) is 164 Å². The van der Waals surface area contributed by atoms with E-state index in [1.54, 1.807) is 6.92 Å². The molecule has 4 rings (SSSR count). The minimum atomic E-state index is -0.182. The number of unbranched alkanes of at least 4 members (excludes halogenated alkanes) is 12. The Morgan fingerprint density at radius 2 is 0.672 bits per heavy atom. The number of carbonyl (C=O) groups excluding carboxylic acids is 1. The first-order valence-corrected chi connectivity index (χ1v) is 23.0. The van der Waals surface area contributed by atoms with Crippen molar-refractivity contribution >= 4 is 43.9 Å². The lowest BCUT2D eigenvalue weighted by molar-refractivity contribution is -0.114. The van der Waals surface area contributed by atoms with E-state index in [-0.39, 0.29) is 5.91 Å². The van der Waals surface area contributed by atoms with E-state index in [4.69, 9.17) is 28.4 Å². The summed E-state index contributed by atoms with van der Waals surface area (Å²) in [6.07, 6.45) is 18.8. The fourth-order valence-electron chi connectivity index (χ4n) is 7.32. The maximum atomic E-state index is 13.2. The molecule has 0 spiro atoms. The van der Waals surface area contributed by atoms with Gasteiger partial charge in [0.15, 0.2) is 34.5 Å². The van der Waals surface area contributed by atoms with Gasteiger partial charge in [0.05, 0.1) is 45.3 Å². The second-order valence-electron chi connectivity index (χ2n) is 15.7. The Morgan fingerprint density at radius 3 is 1.00 bits per heavy atom. The molecule has 0 saturated heterocycles. The van der Waals surface area contributed by atoms with Gasteiger partial charge in [-0.1, -0.05) is 119 Å². The minimum Gasteiger partial charge on any atom is -0.490 e. The van der Waals surface area contributed by atoms with Crippen LogP contribution in [-0.4, -0.2) is 45.5 Å². The molecule has 322 valence electrons. The minimum absolute atomic E-state index is 0.182. The van der Waals surface area contributed by atoms with Gasteiger partial charge in [-0.15, -0.1) is 0 Å². The predicted molar refractivity (Wildman–Crippen MR) is 243 cm³/mol. The molecular formula is C50H75NO7. The van der Waals surface area contributed by atoms with Crippen molar-refractivity contribution in [2.45, 2.75) is 164 Å². The summed E-state index contributed by atoms with van der Waals surface area (Å²) in [5.41, 5.74) is 0.609. The fraction of sp³-hybridized carbons (Fsp3) is 0.620. The number of fused-ring (bicyclic) bond motifs is 6. The maximum Gasteiger partial charge on any atom is 0.221 e. The number of ether oxygens (including phenoxy) is 6. The summed E-state index contributed by atoms with van der Waals surface area (Å²) in [5.74, 6) is 3.89. The highest BCUT2D eigenvalue weighted by atomic mass is 16.5. The predicted octanol–water partition coefficient (Wildman–Crippen LogP) is 14.5. The van der Waals surface area contributed by atoms with Gasteiger partial charge in [0, 0.05) is 12.3 Å². The molecule has 0 saturated carbocycles. The first kappa shape index (κ1) is 46.6. The summed E-state index contributed by atoms with van der Waals surface area (Å²) in [6, 6.07) is 10.6. The second kappa shape index (κ2) is 26.1. The molecule has 0 aliphatic carbocycles. The van der Waals surface area contributed by atoms with Crippen LogP contribution in [0.15, 0.2) is 30.3 Å². The van der Waals surface area contributed by atoms with Crippen LogP contribution >= 0.6 is 0 Å². The van der Waals surface area contributed by atoms with Crippen LogP contribution in [0.25, 0.3) is 32.3 Å². The average Bonchev–Trinajstić information content (AvgIpc) is 3.22. The van der Waals surface area contributed by atoms with E-state index >= 15 is 0 Å². The van der Waals surface area contributed by atoms with Crippen molar-refractivity contribution in [2.75, 3.05) is 45.0 Å². The molecular weight excluding hydrogens is 727 g/mol. The molecule has 0 atom stereocenters. The van der Waals surface area contributed by atoms with Crippen molar-refractivity contribution in [3.05, 3.63) is 30.3 Å². The average molecular weight is 802 g/mol. The van der Waals surface area contributed by atoms with Crippen molar-refractivity contribution in [1.82, 2.24) is 0 Å². The molecule has 4 aromatic carbocycles. The molecule has 0 heterocycles. The zero-order valence-corrected chi connectivity index (χ0v) is 37.2. The molecule has 1 N–H and O–H groups in total. The van der Waals surface area contributed by atoms with E-state index in [9.17, 15) is 4.79 Å². The topological polar surface area (TPSA) is 84.5 Å². The molecule has 0 aliphatic rings. The molecule has 0 radical (unpaired) electrons. The molecule has 8 nitrogen and oxygen atoms in total. The Bertz CT molecular complexity index is 1780. The molecule has 58 heavy (non-hydrogen) atoms. The highest BCUT2D eigenvalue weighted by Gasteiger charge is 2.25. The first-order valence-electron chi connectivity index (χ1n) is 23.0. The second-order valence-corrected chi connectivity index (χ2v) is 15.7. The van der Waals surface area contributed by atoms with Crippen molar-refractivity contribution in [3.8, 4) is 34.5 Å². The van der Waals surface area contributed by atoms with Crippen LogP contribution < -0.4 is 33.7 Å². The number of hydrogen-bond acceptors (Lipinski definition) is 7. The smallest absolute Gasteiger partial charge is 0.221 e. The van der Waals surface area contributed by atoms with Gasteiger partial charge in [-0.3, -0.25) is 4.79 Å². The van der Waals surface area contributed by atoms with Gasteiger partial charge in [0.2, 0.25) is 5.91 Å². The Hall–Kier alpha value is -4.07. The van der Waals surface area contributed by atoms with Crippen molar-refractivity contribution in [1.29, 1.82) is 0 Å². The zero-order chi connectivity index (χ0) is 41.5. The third-order valence-corrected chi connectivity index (χ3v) is 10.6. The summed E-state index contributed by atoms with van der Waals surface area (Å²) in [6.45, 7) is 18.2. The van der Waals surface area contributed by atoms with Crippen LogP contribution in [0.2, 0.25) is 0 Å². The van der Waals surface area contributed by atoms with Crippen molar-refractivity contribution in [2.24, 2.45) is 0 Å². The number of amides is 1.